The van der Waals surface area contributed by atoms with Gasteiger partial charge in [-0.05, 0) is 63.5 Å². The molecule has 3 heterocycles. The van der Waals surface area contributed by atoms with E-state index in [1.807, 2.05) is 6.33 Å². The molecular formula is C20H34N4O. The van der Waals surface area contributed by atoms with E-state index in [1.54, 1.807) is 0 Å². The summed E-state index contributed by atoms with van der Waals surface area (Å²) in [6.45, 7) is 4.24. The summed E-state index contributed by atoms with van der Waals surface area (Å²) in [5, 5.41) is 4.03. The van der Waals surface area contributed by atoms with E-state index in [4.69, 9.17) is 4.74 Å². The van der Waals surface area contributed by atoms with Gasteiger partial charge in [-0.25, -0.2) is 4.98 Å². The van der Waals surface area contributed by atoms with Crippen LogP contribution in [0.3, 0.4) is 0 Å². The van der Waals surface area contributed by atoms with Crippen molar-refractivity contribution in [3.05, 3.63) is 18.2 Å². The van der Waals surface area contributed by atoms with E-state index < -0.39 is 0 Å². The topological polar surface area (TPSA) is 42.3 Å². The Morgan fingerprint density at radius 2 is 2.04 bits per heavy atom. The van der Waals surface area contributed by atoms with Crippen LogP contribution in [0.4, 0.5) is 0 Å². The van der Waals surface area contributed by atoms with E-state index in [0.717, 1.165) is 19.8 Å². The molecule has 1 aliphatic carbocycles. The van der Waals surface area contributed by atoms with Gasteiger partial charge < -0.3 is 14.6 Å². The van der Waals surface area contributed by atoms with Crippen molar-refractivity contribution >= 4 is 0 Å². The van der Waals surface area contributed by atoms with Crippen LogP contribution in [0.1, 0.15) is 56.7 Å². The summed E-state index contributed by atoms with van der Waals surface area (Å²) in [6, 6.07) is 1.18. The Labute approximate surface area is 152 Å². The smallest absolute Gasteiger partial charge is 0.0946 e. The zero-order valence-electron chi connectivity index (χ0n) is 15.9. The first-order valence-electron chi connectivity index (χ1n) is 10.2. The molecule has 140 valence electrons. The van der Waals surface area contributed by atoms with Gasteiger partial charge in [0, 0.05) is 39.0 Å². The second kappa shape index (κ2) is 7.37. The Kier molecular flexibility index (Phi) is 5.16. The Morgan fingerprint density at radius 1 is 1.20 bits per heavy atom. The molecule has 1 aromatic rings. The van der Waals surface area contributed by atoms with Gasteiger partial charge in [0.1, 0.15) is 0 Å². The molecule has 5 heteroatoms. The minimum atomic E-state index is 0.487. The van der Waals surface area contributed by atoms with Crippen LogP contribution >= 0.6 is 0 Å². The summed E-state index contributed by atoms with van der Waals surface area (Å²) in [5.74, 6) is 0.673. The van der Waals surface area contributed by atoms with Gasteiger partial charge in [0.25, 0.3) is 0 Å². The number of hydrogen-bond acceptors (Lipinski definition) is 4. The molecule has 4 rings (SSSR count). The van der Waals surface area contributed by atoms with Crippen molar-refractivity contribution in [1.29, 1.82) is 0 Å². The van der Waals surface area contributed by atoms with E-state index in [-0.39, 0.29) is 0 Å². The monoisotopic (exact) mass is 346 g/mol. The van der Waals surface area contributed by atoms with Crippen LogP contribution in [0.25, 0.3) is 0 Å². The number of hydrogen-bond donors (Lipinski definition) is 1. The molecule has 1 N–H and O–H groups in total. The number of nitrogens with one attached hydrogen (secondary N) is 1. The van der Waals surface area contributed by atoms with Crippen molar-refractivity contribution in [2.75, 3.05) is 33.4 Å². The average molecular weight is 347 g/mol. The lowest BCUT2D eigenvalue weighted by molar-refractivity contribution is 0.00224. The van der Waals surface area contributed by atoms with Gasteiger partial charge in [-0.1, -0.05) is 6.42 Å². The molecule has 0 bridgehead atoms. The van der Waals surface area contributed by atoms with E-state index >= 15 is 0 Å². The quantitative estimate of drug-likeness (QED) is 0.910. The third kappa shape index (κ3) is 3.38. The molecule has 5 nitrogen and oxygen atoms in total. The maximum Gasteiger partial charge on any atom is 0.0946 e. The molecule has 1 aromatic heterocycles. The number of likely N-dealkylation sites (tertiary alicyclic amines) is 1. The molecule has 1 spiro atoms. The number of imidazole rings is 1. The van der Waals surface area contributed by atoms with Gasteiger partial charge in [0.15, 0.2) is 0 Å². The van der Waals surface area contributed by atoms with Crippen LogP contribution in [0.2, 0.25) is 0 Å². The highest BCUT2D eigenvalue weighted by atomic mass is 16.5. The molecule has 3 aliphatic rings. The van der Waals surface area contributed by atoms with E-state index in [2.05, 4.69) is 40.1 Å². The third-order valence-electron chi connectivity index (χ3n) is 7.19. The van der Waals surface area contributed by atoms with E-state index in [1.165, 1.54) is 57.2 Å². The minimum Gasteiger partial charge on any atom is -0.381 e. The van der Waals surface area contributed by atoms with E-state index in [9.17, 15) is 0 Å². The lowest BCUT2D eigenvalue weighted by atomic mass is 9.75. The summed E-state index contributed by atoms with van der Waals surface area (Å²) in [7, 11) is 4.41. The van der Waals surface area contributed by atoms with Crippen molar-refractivity contribution in [1.82, 2.24) is 19.8 Å². The standard InChI is InChI=1S/C20H34N4O/c1-23-10-4-5-16(19(23)17-14-21-15-24(17)2)13-22-18-6-3-7-20(18)8-11-25-12-9-20/h14-16,18-19,22H,3-13H2,1-2H3/t16-,18?,19+/m0/s1. The number of ether oxygens (including phenoxy) is 1. The Bertz CT molecular complexity index is 566. The fourth-order valence-electron chi connectivity index (χ4n) is 5.72. The molecule has 3 fully saturated rings. The molecule has 2 saturated heterocycles. The zero-order chi connectivity index (χ0) is 17.3. The third-order valence-corrected chi connectivity index (χ3v) is 7.19. The summed E-state index contributed by atoms with van der Waals surface area (Å²) in [4.78, 5) is 6.91. The summed E-state index contributed by atoms with van der Waals surface area (Å²) < 4.78 is 7.85. The number of piperidine rings is 1. The predicted molar refractivity (Wildman–Crippen MR) is 99.4 cm³/mol. The van der Waals surface area contributed by atoms with Crippen LogP contribution in [0.15, 0.2) is 12.5 Å². The molecule has 0 aromatic carbocycles. The highest BCUT2D eigenvalue weighted by Gasteiger charge is 2.44. The first-order valence-corrected chi connectivity index (χ1v) is 10.2. The Morgan fingerprint density at radius 3 is 2.80 bits per heavy atom. The lowest BCUT2D eigenvalue weighted by Gasteiger charge is -2.43. The van der Waals surface area contributed by atoms with Gasteiger partial charge >= 0.3 is 0 Å². The van der Waals surface area contributed by atoms with Crippen molar-refractivity contribution < 1.29 is 4.74 Å². The maximum absolute atomic E-state index is 5.65. The fraction of sp³-hybridized carbons (Fsp3) is 0.850. The molecule has 1 saturated carbocycles. The summed E-state index contributed by atoms with van der Waals surface area (Å²) in [5.41, 5.74) is 1.88. The summed E-state index contributed by atoms with van der Waals surface area (Å²) >= 11 is 0. The van der Waals surface area contributed by atoms with Crippen LogP contribution in [-0.2, 0) is 11.8 Å². The number of nitrogens with zero attached hydrogens (tertiary/aromatic N) is 3. The summed E-state index contributed by atoms with van der Waals surface area (Å²) in [6.07, 6.45) is 13.2. The first kappa shape index (κ1) is 17.5. The SMILES string of the molecule is CN1CCC[C@@H](CNC2CCCC23CCOCC3)[C@@H]1c1cncn1C. The van der Waals surface area contributed by atoms with Crippen LogP contribution < -0.4 is 5.32 Å². The molecule has 25 heavy (non-hydrogen) atoms. The number of aryl methyl sites for hydroxylation is 1. The van der Waals surface area contributed by atoms with Gasteiger partial charge in [-0.3, -0.25) is 4.90 Å². The highest BCUT2D eigenvalue weighted by molar-refractivity contribution is 5.09. The molecule has 2 aliphatic heterocycles. The Balaban J connectivity index is 1.44. The molecule has 1 unspecified atom stereocenters. The second-order valence-electron chi connectivity index (χ2n) is 8.58. The molecular weight excluding hydrogens is 312 g/mol. The molecule has 3 atom stereocenters. The number of rotatable bonds is 4. The molecule has 0 radical (unpaired) electrons. The largest absolute Gasteiger partial charge is 0.381 e. The predicted octanol–water partition coefficient (Wildman–Crippen LogP) is 2.74. The van der Waals surface area contributed by atoms with Crippen molar-refractivity contribution in [3.63, 3.8) is 0 Å². The van der Waals surface area contributed by atoms with Gasteiger partial charge in [0.2, 0.25) is 0 Å². The fourth-order valence-corrected chi connectivity index (χ4v) is 5.72. The van der Waals surface area contributed by atoms with Crippen molar-refractivity contribution in [3.8, 4) is 0 Å². The minimum absolute atomic E-state index is 0.487. The zero-order valence-corrected chi connectivity index (χ0v) is 15.9. The van der Waals surface area contributed by atoms with Crippen LogP contribution in [0.5, 0.6) is 0 Å². The number of aromatic nitrogens is 2. The van der Waals surface area contributed by atoms with Crippen LogP contribution in [-0.4, -0.2) is 53.8 Å². The lowest BCUT2D eigenvalue weighted by Crippen LogP contribution is -2.48. The normalized spacial score (nSPS) is 33.1. The highest BCUT2D eigenvalue weighted by Crippen LogP contribution is 2.46. The van der Waals surface area contributed by atoms with Crippen molar-refractivity contribution in [2.45, 2.75) is 57.0 Å². The Hall–Kier alpha value is -0.910. The molecule has 0 amide bonds. The van der Waals surface area contributed by atoms with Gasteiger partial charge in [-0.15, -0.1) is 0 Å². The van der Waals surface area contributed by atoms with Crippen molar-refractivity contribution in [2.24, 2.45) is 18.4 Å². The first-order chi connectivity index (χ1) is 12.2. The van der Waals surface area contributed by atoms with Gasteiger partial charge in [-0.2, -0.15) is 0 Å². The average Bonchev–Trinajstić information content (AvgIpc) is 3.20. The van der Waals surface area contributed by atoms with Gasteiger partial charge in [0.05, 0.1) is 18.1 Å². The maximum atomic E-state index is 5.65. The van der Waals surface area contributed by atoms with E-state index in [0.29, 0.717) is 23.4 Å². The van der Waals surface area contributed by atoms with Crippen LogP contribution in [0, 0.1) is 11.3 Å². The second-order valence-corrected chi connectivity index (χ2v) is 8.58.